The van der Waals surface area contributed by atoms with E-state index in [1.807, 2.05) is 19.1 Å². The van der Waals surface area contributed by atoms with E-state index >= 15 is 0 Å². The van der Waals surface area contributed by atoms with Gasteiger partial charge in [0.2, 0.25) is 0 Å². The summed E-state index contributed by atoms with van der Waals surface area (Å²) >= 11 is 5.86. The fourth-order valence-corrected chi connectivity index (χ4v) is 2.60. The zero-order valence-electron chi connectivity index (χ0n) is 11.4. The molecule has 1 N–H and O–H groups in total. The summed E-state index contributed by atoms with van der Waals surface area (Å²) in [5, 5.41) is 0.765. The average molecular weight is 302 g/mol. The Bertz CT molecular complexity index is 868. The van der Waals surface area contributed by atoms with Crippen LogP contribution in [0.25, 0.3) is 10.9 Å². The van der Waals surface area contributed by atoms with E-state index < -0.39 is 5.82 Å². The lowest BCUT2D eigenvalue weighted by atomic mass is 10.0. The zero-order chi connectivity index (χ0) is 15.0. The minimum Gasteiger partial charge on any atom is -0.358 e. The first-order chi connectivity index (χ1) is 10.1. The Morgan fingerprint density at radius 3 is 2.57 bits per heavy atom. The van der Waals surface area contributed by atoms with Crippen LogP contribution in [0.5, 0.6) is 0 Å². The Hall–Kier alpha value is -2.13. The predicted octanol–water partition coefficient (Wildman–Crippen LogP) is 4.22. The number of fused-ring (bicyclic) bond motifs is 1. The number of nitrogens with one attached hydrogen (secondary N) is 1. The van der Waals surface area contributed by atoms with E-state index in [1.165, 1.54) is 6.07 Å². The van der Waals surface area contributed by atoms with Crippen LogP contribution in [0.15, 0.2) is 47.3 Å². The topological polar surface area (TPSA) is 32.9 Å². The van der Waals surface area contributed by atoms with Gasteiger partial charge in [0.25, 0.3) is 0 Å². The maximum atomic E-state index is 13.9. The van der Waals surface area contributed by atoms with Crippen molar-refractivity contribution in [2.75, 3.05) is 0 Å². The number of benzene rings is 2. The van der Waals surface area contributed by atoms with E-state index in [-0.39, 0.29) is 10.8 Å². The monoisotopic (exact) mass is 301 g/mol. The van der Waals surface area contributed by atoms with Crippen molar-refractivity contribution in [1.82, 2.24) is 4.98 Å². The molecule has 0 spiro atoms. The first kappa shape index (κ1) is 13.8. The van der Waals surface area contributed by atoms with Gasteiger partial charge in [0.05, 0.1) is 10.9 Å². The molecule has 0 unspecified atom stereocenters. The summed E-state index contributed by atoms with van der Waals surface area (Å²) in [6.07, 6.45) is 0.447. The van der Waals surface area contributed by atoms with Gasteiger partial charge in [0, 0.05) is 22.7 Å². The zero-order valence-corrected chi connectivity index (χ0v) is 12.2. The molecule has 0 bridgehead atoms. The summed E-state index contributed by atoms with van der Waals surface area (Å²) in [4.78, 5) is 15.7. The molecular formula is C17H13ClFNO. The normalized spacial score (nSPS) is 11.0. The van der Waals surface area contributed by atoms with Crippen LogP contribution >= 0.6 is 11.6 Å². The van der Waals surface area contributed by atoms with Crippen LogP contribution in [0.1, 0.15) is 16.8 Å². The smallest absolute Gasteiger partial charge is 0.196 e. The van der Waals surface area contributed by atoms with Crippen LogP contribution in [0.3, 0.4) is 0 Å². The lowest BCUT2D eigenvalue weighted by Crippen LogP contribution is -2.15. The molecule has 0 fully saturated rings. The van der Waals surface area contributed by atoms with E-state index in [2.05, 4.69) is 4.98 Å². The predicted molar refractivity (Wildman–Crippen MR) is 83.5 cm³/mol. The van der Waals surface area contributed by atoms with Crippen LogP contribution in [0.4, 0.5) is 4.39 Å². The van der Waals surface area contributed by atoms with Crippen LogP contribution in [0.2, 0.25) is 5.02 Å². The van der Waals surface area contributed by atoms with E-state index in [4.69, 9.17) is 11.6 Å². The second-order valence-corrected chi connectivity index (χ2v) is 5.46. The van der Waals surface area contributed by atoms with Crippen molar-refractivity contribution in [1.29, 1.82) is 0 Å². The Morgan fingerprint density at radius 1 is 1.14 bits per heavy atom. The number of hydrogen-bond donors (Lipinski definition) is 1. The summed E-state index contributed by atoms with van der Waals surface area (Å²) in [5.41, 5.74) is 2.57. The van der Waals surface area contributed by atoms with Crippen molar-refractivity contribution in [3.63, 3.8) is 0 Å². The van der Waals surface area contributed by atoms with Gasteiger partial charge in [0.1, 0.15) is 5.82 Å². The largest absolute Gasteiger partial charge is 0.358 e. The lowest BCUT2D eigenvalue weighted by Gasteiger charge is -2.09. The summed E-state index contributed by atoms with van der Waals surface area (Å²) in [6.45, 7) is 1.83. The van der Waals surface area contributed by atoms with E-state index in [9.17, 15) is 9.18 Å². The van der Waals surface area contributed by atoms with Gasteiger partial charge in [-0.3, -0.25) is 4.79 Å². The van der Waals surface area contributed by atoms with Gasteiger partial charge in [-0.25, -0.2) is 4.39 Å². The SMILES string of the molecule is Cc1[nH]c2cccc(F)c2c(=O)c1Cc1ccc(Cl)cc1. The molecule has 0 saturated carbocycles. The second kappa shape index (κ2) is 5.34. The standard InChI is InChI=1S/C17H13ClFNO/c1-10-13(9-11-5-7-12(18)8-6-11)17(21)16-14(19)3-2-4-15(16)20-10/h2-8H,9H2,1H3,(H,20,21). The Balaban J connectivity index is 2.16. The molecule has 0 radical (unpaired) electrons. The van der Waals surface area contributed by atoms with Crippen molar-refractivity contribution in [3.8, 4) is 0 Å². The summed E-state index contributed by atoms with van der Waals surface area (Å²) in [7, 11) is 0. The maximum absolute atomic E-state index is 13.9. The number of halogens is 2. The molecule has 4 heteroatoms. The van der Waals surface area contributed by atoms with Crippen LogP contribution in [-0.2, 0) is 6.42 Å². The van der Waals surface area contributed by atoms with Crippen molar-refractivity contribution in [2.45, 2.75) is 13.3 Å². The van der Waals surface area contributed by atoms with Gasteiger partial charge in [-0.15, -0.1) is 0 Å². The average Bonchev–Trinajstić information content (AvgIpc) is 2.45. The molecule has 0 aliphatic carbocycles. The van der Waals surface area contributed by atoms with Crippen LogP contribution in [-0.4, -0.2) is 4.98 Å². The third-order valence-electron chi connectivity index (χ3n) is 3.58. The highest BCUT2D eigenvalue weighted by molar-refractivity contribution is 6.30. The Morgan fingerprint density at radius 2 is 1.86 bits per heavy atom. The lowest BCUT2D eigenvalue weighted by molar-refractivity contribution is 0.638. The third kappa shape index (κ3) is 2.57. The molecule has 1 aromatic heterocycles. The van der Waals surface area contributed by atoms with Crippen molar-refractivity contribution < 1.29 is 4.39 Å². The molecule has 2 aromatic carbocycles. The van der Waals surface area contributed by atoms with Crippen molar-refractivity contribution in [3.05, 3.63) is 80.3 Å². The number of aryl methyl sites for hydroxylation is 1. The highest BCUT2D eigenvalue weighted by atomic mass is 35.5. The Labute approximate surface area is 126 Å². The molecule has 3 aromatic rings. The van der Waals surface area contributed by atoms with E-state index in [0.717, 1.165) is 11.3 Å². The fraction of sp³-hybridized carbons (Fsp3) is 0.118. The molecule has 0 amide bonds. The highest BCUT2D eigenvalue weighted by Gasteiger charge is 2.12. The molecule has 1 heterocycles. The summed E-state index contributed by atoms with van der Waals surface area (Å²) in [6, 6.07) is 11.9. The van der Waals surface area contributed by atoms with Crippen molar-refractivity contribution >= 4 is 22.5 Å². The number of rotatable bonds is 2. The molecule has 21 heavy (non-hydrogen) atoms. The molecular weight excluding hydrogens is 289 g/mol. The minimum atomic E-state index is -0.494. The first-order valence-electron chi connectivity index (χ1n) is 6.60. The molecule has 106 valence electrons. The van der Waals surface area contributed by atoms with E-state index in [1.54, 1.807) is 24.3 Å². The van der Waals surface area contributed by atoms with Gasteiger partial charge in [-0.2, -0.15) is 0 Å². The molecule has 0 aliphatic heterocycles. The number of hydrogen-bond acceptors (Lipinski definition) is 1. The summed E-state index contributed by atoms with van der Waals surface area (Å²) < 4.78 is 13.9. The molecule has 0 saturated heterocycles. The van der Waals surface area contributed by atoms with Gasteiger partial charge in [0.15, 0.2) is 5.43 Å². The molecule has 3 rings (SSSR count). The number of H-pyrrole nitrogens is 1. The number of aromatic nitrogens is 1. The maximum Gasteiger partial charge on any atom is 0.196 e. The van der Waals surface area contributed by atoms with E-state index in [0.29, 0.717) is 22.5 Å². The highest BCUT2D eigenvalue weighted by Crippen LogP contribution is 2.18. The van der Waals surface area contributed by atoms with Gasteiger partial charge < -0.3 is 4.98 Å². The van der Waals surface area contributed by atoms with Crippen LogP contribution < -0.4 is 5.43 Å². The first-order valence-corrected chi connectivity index (χ1v) is 6.98. The quantitative estimate of drug-likeness (QED) is 0.755. The van der Waals surface area contributed by atoms with Gasteiger partial charge in [-0.1, -0.05) is 29.8 Å². The number of pyridine rings is 1. The third-order valence-corrected chi connectivity index (χ3v) is 3.84. The molecule has 2 nitrogen and oxygen atoms in total. The minimum absolute atomic E-state index is 0.118. The molecule has 0 aliphatic rings. The fourth-order valence-electron chi connectivity index (χ4n) is 2.48. The Kier molecular flexibility index (Phi) is 3.52. The van der Waals surface area contributed by atoms with Crippen molar-refractivity contribution in [2.24, 2.45) is 0 Å². The summed E-state index contributed by atoms with van der Waals surface area (Å²) in [5.74, 6) is -0.494. The second-order valence-electron chi connectivity index (χ2n) is 5.02. The van der Waals surface area contributed by atoms with Crippen LogP contribution in [0, 0.1) is 12.7 Å². The number of aromatic amines is 1. The van der Waals surface area contributed by atoms with Gasteiger partial charge >= 0.3 is 0 Å². The van der Waals surface area contributed by atoms with Gasteiger partial charge in [-0.05, 0) is 36.8 Å². The molecule has 0 atom stereocenters.